The van der Waals surface area contributed by atoms with E-state index < -0.39 is 10.0 Å². The van der Waals surface area contributed by atoms with Gasteiger partial charge in [0, 0.05) is 11.7 Å². The van der Waals surface area contributed by atoms with Gasteiger partial charge in [0.15, 0.2) is 0 Å². The predicted octanol–water partition coefficient (Wildman–Crippen LogP) is 3.46. The number of anilines is 2. The molecule has 0 aliphatic heterocycles. The normalized spacial score (nSPS) is 21.1. The van der Waals surface area contributed by atoms with Crippen LogP contribution in [0.3, 0.4) is 0 Å². The summed E-state index contributed by atoms with van der Waals surface area (Å²) >= 11 is 0. The number of rotatable bonds is 5. The van der Waals surface area contributed by atoms with Gasteiger partial charge in [-0.15, -0.1) is 0 Å². The Balaban J connectivity index is 1.97. The number of aryl methyl sites for hydroxylation is 1. The minimum absolute atomic E-state index is 0.0222. The van der Waals surface area contributed by atoms with Crippen molar-refractivity contribution >= 4 is 27.4 Å². The van der Waals surface area contributed by atoms with Crippen LogP contribution in [-0.2, 0) is 10.0 Å². The third kappa shape index (κ3) is 5.12. The molecule has 2 atom stereocenters. The number of carbonyl (C=O) groups is 1. The first-order chi connectivity index (χ1) is 11.3. The molecule has 0 aromatic heterocycles. The van der Waals surface area contributed by atoms with Crippen molar-refractivity contribution in [1.82, 2.24) is 5.32 Å². The average Bonchev–Trinajstić information content (AvgIpc) is 2.52. The van der Waals surface area contributed by atoms with Crippen LogP contribution in [0.4, 0.5) is 16.2 Å². The van der Waals surface area contributed by atoms with Crippen LogP contribution >= 0.6 is 0 Å². The molecule has 7 heteroatoms. The lowest BCUT2D eigenvalue weighted by atomic mass is 9.86. The number of carbonyl (C=O) groups excluding carboxylic acids is 1. The molecule has 1 saturated carbocycles. The highest BCUT2D eigenvalue weighted by Gasteiger charge is 2.22. The maximum atomic E-state index is 12.2. The molecule has 0 saturated heterocycles. The van der Waals surface area contributed by atoms with Gasteiger partial charge in [-0.25, -0.2) is 13.2 Å². The number of urea groups is 1. The van der Waals surface area contributed by atoms with Crippen molar-refractivity contribution in [2.45, 2.75) is 52.5 Å². The first-order valence-corrected chi connectivity index (χ1v) is 10.1. The molecule has 2 rings (SSSR count). The van der Waals surface area contributed by atoms with E-state index in [0.29, 0.717) is 17.3 Å². The zero-order valence-electron chi connectivity index (χ0n) is 14.6. The SMILES string of the molecule is CCS(=O)(=O)Nc1ccc(NC(=O)NC2CCCCC2C)cc1C. The first kappa shape index (κ1) is 18.6. The Bertz CT molecular complexity index is 688. The fourth-order valence-electron chi connectivity index (χ4n) is 2.96. The molecule has 2 amide bonds. The Labute approximate surface area is 144 Å². The Kier molecular flexibility index (Phi) is 6.10. The van der Waals surface area contributed by atoms with Crippen LogP contribution in [0, 0.1) is 12.8 Å². The van der Waals surface area contributed by atoms with Gasteiger partial charge in [-0.1, -0.05) is 19.8 Å². The second kappa shape index (κ2) is 7.88. The van der Waals surface area contributed by atoms with Crippen molar-refractivity contribution in [1.29, 1.82) is 0 Å². The fraction of sp³-hybridized carbons (Fsp3) is 0.588. The highest BCUT2D eigenvalue weighted by molar-refractivity contribution is 7.92. The van der Waals surface area contributed by atoms with Crippen LogP contribution in [0.25, 0.3) is 0 Å². The lowest BCUT2D eigenvalue weighted by molar-refractivity contribution is 0.232. The molecule has 24 heavy (non-hydrogen) atoms. The minimum atomic E-state index is -3.31. The van der Waals surface area contributed by atoms with Gasteiger partial charge in [0.25, 0.3) is 0 Å². The Morgan fingerprint density at radius 3 is 2.58 bits per heavy atom. The lowest BCUT2D eigenvalue weighted by Gasteiger charge is -2.29. The molecule has 1 fully saturated rings. The summed E-state index contributed by atoms with van der Waals surface area (Å²) in [6.45, 7) is 5.56. The molecule has 6 nitrogen and oxygen atoms in total. The Hall–Kier alpha value is -1.76. The van der Waals surface area contributed by atoms with Gasteiger partial charge >= 0.3 is 6.03 Å². The largest absolute Gasteiger partial charge is 0.335 e. The summed E-state index contributed by atoms with van der Waals surface area (Å²) in [6.07, 6.45) is 4.55. The lowest BCUT2D eigenvalue weighted by Crippen LogP contribution is -2.43. The van der Waals surface area contributed by atoms with Crippen LogP contribution in [0.1, 0.15) is 45.1 Å². The van der Waals surface area contributed by atoms with Crippen LogP contribution in [0.2, 0.25) is 0 Å². The molecule has 0 bridgehead atoms. The van der Waals surface area contributed by atoms with Gasteiger partial charge in [0.2, 0.25) is 10.0 Å². The zero-order chi connectivity index (χ0) is 17.7. The van der Waals surface area contributed by atoms with Gasteiger partial charge in [0.1, 0.15) is 0 Å². The summed E-state index contributed by atoms with van der Waals surface area (Å²) in [5, 5.41) is 5.86. The van der Waals surface area contributed by atoms with E-state index >= 15 is 0 Å². The van der Waals surface area contributed by atoms with E-state index in [1.165, 1.54) is 6.42 Å². The Morgan fingerprint density at radius 2 is 1.96 bits per heavy atom. The van der Waals surface area contributed by atoms with Crippen LogP contribution < -0.4 is 15.4 Å². The van der Waals surface area contributed by atoms with Gasteiger partial charge in [-0.2, -0.15) is 0 Å². The van der Waals surface area contributed by atoms with Crippen molar-refractivity contribution in [2.24, 2.45) is 5.92 Å². The molecule has 1 aliphatic carbocycles. The van der Waals surface area contributed by atoms with E-state index in [4.69, 9.17) is 0 Å². The topological polar surface area (TPSA) is 87.3 Å². The van der Waals surface area contributed by atoms with Crippen LogP contribution in [-0.4, -0.2) is 26.2 Å². The van der Waals surface area contributed by atoms with Crippen LogP contribution in [0.5, 0.6) is 0 Å². The minimum Gasteiger partial charge on any atom is -0.335 e. The standard InChI is InChI=1S/C17H27N3O3S/c1-4-24(22,23)20-16-10-9-14(11-13(16)3)18-17(21)19-15-8-6-5-7-12(15)2/h9-12,15,20H,4-8H2,1-3H3,(H2,18,19,21). The van der Waals surface area contributed by atoms with Gasteiger partial charge < -0.3 is 10.6 Å². The molecule has 0 radical (unpaired) electrons. The molecule has 3 N–H and O–H groups in total. The summed E-state index contributed by atoms with van der Waals surface area (Å²) in [6, 6.07) is 5.13. The van der Waals surface area contributed by atoms with Gasteiger partial charge in [-0.3, -0.25) is 4.72 Å². The Morgan fingerprint density at radius 1 is 1.25 bits per heavy atom. The van der Waals surface area contributed by atoms with Crippen molar-refractivity contribution in [3.63, 3.8) is 0 Å². The highest BCUT2D eigenvalue weighted by atomic mass is 32.2. The smallest absolute Gasteiger partial charge is 0.319 e. The summed E-state index contributed by atoms with van der Waals surface area (Å²) in [5.74, 6) is 0.520. The number of amides is 2. The van der Waals surface area contributed by atoms with Crippen molar-refractivity contribution in [2.75, 3.05) is 15.8 Å². The maximum absolute atomic E-state index is 12.2. The molecule has 1 aromatic carbocycles. The third-order valence-corrected chi connectivity index (χ3v) is 5.85. The van der Waals surface area contributed by atoms with E-state index in [2.05, 4.69) is 22.3 Å². The van der Waals surface area contributed by atoms with Crippen molar-refractivity contribution in [3.05, 3.63) is 23.8 Å². The number of nitrogens with one attached hydrogen (secondary N) is 3. The predicted molar refractivity (Wildman–Crippen MR) is 97.8 cm³/mol. The molecule has 0 heterocycles. The summed E-state index contributed by atoms with van der Waals surface area (Å²) in [7, 11) is -3.31. The summed E-state index contributed by atoms with van der Waals surface area (Å²) in [4.78, 5) is 12.2. The molecule has 134 valence electrons. The maximum Gasteiger partial charge on any atom is 0.319 e. The van der Waals surface area contributed by atoms with E-state index in [0.717, 1.165) is 24.8 Å². The summed E-state index contributed by atoms with van der Waals surface area (Å²) < 4.78 is 25.8. The fourth-order valence-corrected chi connectivity index (χ4v) is 3.67. The molecule has 1 aromatic rings. The number of sulfonamides is 1. The molecular formula is C17H27N3O3S. The highest BCUT2D eigenvalue weighted by Crippen LogP contribution is 2.24. The second-order valence-electron chi connectivity index (χ2n) is 6.50. The number of hydrogen-bond acceptors (Lipinski definition) is 3. The molecule has 2 unspecified atom stereocenters. The van der Waals surface area contributed by atoms with Crippen molar-refractivity contribution in [3.8, 4) is 0 Å². The molecule has 0 spiro atoms. The number of benzene rings is 1. The second-order valence-corrected chi connectivity index (χ2v) is 8.51. The van der Waals surface area contributed by atoms with E-state index in [-0.39, 0.29) is 17.8 Å². The van der Waals surface area contributed by atoms with E-state index in [9.17, 15) is 13.2 Å². The molecule has 1 aliphatic rings. The quantitative estimate of drug-likeness (QED) is 0.757. The van der Waals surface area contributed by atoms with E-state index in [1.807, 2.05) is 0 Å². The number of hydrogen-bond donors (Lipinski definition) is 3. The van der Waals surface area contributed by atoms with Crippen molar-refractivity contribution < 1.29 is 13.2 Å². The van der Waals surface area contributed by atoms with E-state index in [1.54, 1.807) is 32.0 Å². The first-order valence-electron chi connectivity index (χ1n) is 8.49. The van der Waals surface area contributed by atoms with Gasteiger partial charge in [0.05, 0.1) is 11.4 Å². The third-order valence-electron chi connectivity index (χ3n) is 4.56. The van der Waals surface area contributed by atoms with Gasteiger partial charge in [-0.05, 0) is 56.4 Å². The molecular weight excluding hydrogens is 326 g/mol. The van der Waals surface area contributed by atoms with Crippen LogP contribution in [0.15, 0.2) is 18.2 Å². The average molecular weight is 353 g/mol. The zero-order valence-corrected chi connectivity index (χ0v) is 15.4. The summed E-state index contributed by atoms with van der Waals surface area (Å²) in [5.41, 5.74) is 1.94. The monoisotopic (exact) mass is 353 g/mol.